The molecule has 11 heteroatoms. The van der Waals surface area contributed by atoms with Crippen LogP contribution in [0.2, 0.25) is 0 Å². The molecule has 0 saturated carbocycles. The number of ether oxygens (including phenoxy) is 1. The smallest absolute Gasteiger partial charge is 0.328 e. The van der Waals surface area contributed by atoms with Gasteiger partial charge in [0.15, 0.2) is 5.82 Å². The first-order valence-electron chi connectivity index (χ1n) is 14.3. The van der Waals surface area contributed by atoms with Crippen molar-refractivity contribution in [2.45, 2.75) is 42.1 Å². The highest BCUT2D eigenvalue weighted by Crippen LogP contribution is 2.50. The first kappa shape index (κ1) is 26.2. The average molecular weight is 572 g/mol. The molecule has 2 fully saturated rings. The number of hydrogen-bond donors (Lipinski definition) is 2. The van der Waals surface area contributed by atoms with E-state index in [1.54, 1.807) is 4.90 Å². The van der Waals surface area contributed by atoms with Crippen molar-refractivity contribution in [3.8, 4) is 0 Å². The fourth-order valence-electron chi connectivity index (χ4n) is 6.06. The minimum absolute atomic E-state index is 0.170. The number of carbonyl (C=O) groups is 2. The van der Waals surface area contributed by atoms with Gasteiger partial charge >= 0.3 is 6.03 Å². The first-order valence-corrected chi connectivity index (χ1v) is 15.2. The second-order valence-corrected chi connectivity index (χ2v) is 12.0. The molecular weight excluding hydrogens is 538 g/mol. The van der Waals surface area contributed by atoms with Gasteiger partial charge in [-0.05, 0) is 67.9 Å². The molecule has 0 spiro atoms. The van der Waals surface area contributed by atoms with Gasteiger partial charge in [0.25, 0.3) is 0 Å². The van der Waals surface area contributed by atoms with E-state index in [2.05, 4.69) is 42.5 Å². The molecule has 2 saturated heterocycles. The van der Waals surface area contributed by atoms with Crippen LogP contribution in [0.5, 0.6) is 0 Å². The molecule has 0 aliphatic carbocycles. The highest BCUT2D eigenvalue weighted by Gasteiger charge is 2.47. The summed E-state index contributed by atoms with van der Waals surface area (Å²) in [6.45, 7) is 6.33. The lowest BCUT2D eigenvalue weighted by molar-refractivity contribution is -0.116. The number of anilines is 4. The predicted molar refractivity (Wildman–Crippen MR) is 159 cm³/mol. The third-order valence-corrected chi connectivity index (χ3v) is 9.48. The number of piperidine rings is 1. The van der Waals surface area contributed by atoms with E-state index in [1.807, 2.05) is 36.4 Å². The van der Waals surface area contributed by atoms with Crippen LogP contribution in [0.1, 0.15) is 36.4 Å². The minimum Gasteiger partial charge on any atom is -0.378 e. The summed E-state index contributed by atoms with van der Waals surface area (Å²) in [6.07, 6.45) is 5.31. The van der Waals surface area contributed by atoms with Gasteiger partial charge in [0.2, 0.25) is 5.91 Å². The van der Waals surface area contributed by atoms with Gasteiger partial charge in [-0.25, -0.2) is 19.7 Å². The van der Waals surface area contributed by atoms with Gasteiger partial charge in [-0.15, -0.1) is 0 Å². The minimum atomic E-state index is -0.553. The van der Waals surface area contributed by atoms with E-state index < -0.39 is 11.3 Å². The molecule has 3 amide bonds. The molecule has 2 aromatic carbocycles. The Labute approximate surface area is 243 Å². The molecule has 2 N–H and O–H groups in total. The van der Waals surface area contributed by atoms with Gasteiger partial charge in [-0.1, -0.05) is 30.3 Å². The Hall–Kier alpha value is -3.67. The summed E-state index contributed by atoms with van der Waals surface area (Å²) in [5.74, 6) is 0.351. The molecule has 7 rings (SSSR count). The van der Waals surface area contributed by atoms with Gasteiger partial charge < -0.3 is 20.3 Å². The molecule has 41 heavy (non-hydrogen) atoms. The number of likely N-dealkylation sites (tertiary alicyclic amines) is 1. The van der Waals surface area contributed by atoms with Crippen LogP contribution < -0.4 is 20.4 Å². The van der Waals surface area contributed by atoms with Gasteiger partial charge in [0, 0.05) is 31.0 Å². The van der Waals surface area contributed by atoms with Crippen LogP contribution in [0.4, 0.5) is 27.7 Å². The fraction of sp³-hybridized carbons (Fsp3) is 0.400. The summed E-state index contributed by atoms with van der Waals surface area (Å²) in [5.41, 5.74) is 4.56. The Morgan fingerprint density at radius 2 is 1.68 bits per heavy atom. The molecule has 0 radical (unpaired) electrons. The summed E-state index contributed by atoms with van der Waals surface area (Å²) in [5, 5.41) is 6.28. The Balaban J connectivity index is 1.06. The van der Waals surface area contributed by atoms with E-state index in [9.17, 15) is 9.59 Å². The standard InChI is InChI=1S/C30H33N7O3S/c38-28(33-21-6-4-20(5-7-21)18-35-12-2-1-3-13-35)26-25-24-27(31-19-32-29(24)41-26)37(30(39)34-25)23-10-8-22(9-11-23)36-14-16-40-17-15-36/h4-11,19,25-26H,1-3,12-18H2,(H,33,38)(H,34,39). The number of thioether (sulfide) groups is 1. The maximum atomic E-state index is 13.5. The molecule has 2 atom stereocenters. The van der Waals surface area contributed by atoms with E-state index in [-0.39, 0.29) is 11.9 Å². The molecule has 0 bridgehead atoms. The zero-order valence-corrected chi connectivity index (χ0v) is 23.6. The number of hydrogen-bond acceptors (Lipinski definition) is 8. The molecule has 10 nitrogen and oxygen atoms in total. The van der Waals surface area contributed by atoms with Crippen molar-refractivity contribution in [3.05, 3.63) is 66.0 Å². The Bertz CT molecular complexity index is 1420. The molecule has 4 aliphatic heterocycles. The second-order valence-electron chi connectivity index (χ2n) is 10.9. The largest absolute Gasteiger partial charge is 0.378 e. The number of morpholine rings is 1. The van der Waals surface area contributed by atoms with E-state index in [1.165, 1.54) is 42.9 Å². The van der Waals surface area contributed by atoms with Gasteiger partial charge in [0.05, 0.1) is 30.5 Å². The second kappa shape index (κ2) is 11.3. The van der Waals surface area contributed by atoms with Crippen molar-refractivity contribution in [2.75, 3.05) is 54.5 Å². The van der Waals surface area contributed by atoms with E-state index in [4.69, 9.17) is 4.74 Å². The quantitative estimate of drug-likeness (QED) is 0.422. The zero-order valence-electron chi connectivity index (χ0n) is 22.8. The SMILES string of the molecule is O=C(Nc1ccc(CN2CCCCC2)cc1)C1Sc2ncnc3c2C1NC(=O)N3c1ccc(N2CCOCC2)cc1. The normalized spacial score (nSPS) is 22.3. The zero-order chi connectivity index (χ0) is 27.8. The van der Waals surface area contributed by atoms with Crippen molar-refractivity contribution < 1.29 is 14.3 Å². The molecule has 2 unspecified atom stereocenters. The summed E-state index contributed by atoms with van der Waals surface area (Å²) < 4.78 is 5.46. The van der Waals surface area contributed by atoms with Gasteiger partial charge in [-0.3, -0.25) is 9.69 Å². The lowest BCUT2D eigenvalue weighted by atomic mass is 10.0. The topological polar surface area (TPSA) is 103 Å². The third-order valence-electron chi connectivity index (χ3n) is 8.19. The number of nitrogens with zero attached hydrogens (tertiary/aromatic N) is 5. The summed E-state index contributed by atoms with van der Waals surface area (Å²) in [6, 6.07) is 15.1. The lowest BCUT2D eigenvalue weighted by Crippen LogP contribution is -2.48. The lowest BCUT2D eigenvalue weighted by Gasteiger charge is -2.33. The van der Waals surface area contributed by atoms with Gasteiger partial charge in [-0.2, -0.15) is 0 Å². The number of benzene rings is 2. The Kier molecular flexibility index (Phi) is 7.24. The molecule has 3 aromatic rings. The van der Waals surface area contributed by atoms with Crippen LogP contribution in [-0.4, -0.2) is 71.4 Å². The summed E-state index contributed by atoms with van der Waals surface area (Å²) in [4.78, 5) is 42.2. The molecule has 1 aromatic heterocycles. The van der Waals surface area contributed by atoms with Crippen molar-refractivity contribution in [1.29, 1.82) is 0 Å². The van der Waals surface area contributed by atoms with Crippen LogP contribution in [0.3, 0.4) is 0 Å². The van der Waals surface area contributed by atoms with Crippen molar-refractivity contribution in [1.82, 2.24) is 20.2 Å². The monoisotopic (exact) mass is 571 g/mol. The van der Waals surface area contributed by atoms with Crippen LogP contribution >= 0.6 is 11.8 Å². The highest BCUT2D eigenvalue weighted by molar-refractivity contribution is 8.01. The average Bonchev–Trinajstić information content (AvgIpc) is 3.39. The molecule has 4 aliphatic rings. The summed E-state index contributed by atoms with van der Waals surface area (Å²) >= 11 is 1.37. The molecule has 5 heterocycles. The van der Waals surface area contributed by atoms with Gasteiger partial charge in [0.1, 0.15) is 16.6 Å². The van der Waals surface area contributed by atoms with Crippen molar-refractivity contribution in [3.63, 3.8) is 0 Å². The maximum Gasteiger partial charge on any atom is 0.328 e. The number of rotatable bonds is 6. The maximum absolute atomic E-state index is 13.5. The molecular formula is C30H33N7O3S. The molecule has 212 valence electrons. The van der Waals surface area contributed by atoms with Crippen molar-refractivity contribution in [2.24, 2.45) is 0 Å². The van der Waals surface area contributed by atoms with E-state index in [0.717, 1.165) is 49.7 Å². The number of nitrogens with one attached hydrogen (secondary N) is 2. The summed E-state index contributed by atoms with van der Waals surface area (Å²) in [7, 11) is 0. The van der Waals surface area contributed by atoms with Crippen LogP contribution in [0.15, 0.2) is 59.9 Å². The predicted octanol–water partition coefficient (Wildman–Crippen LogP) is 4.31. The Morgan fingerprint density at radius 3 is 2.44 bits per heavy atom. The number of aromatic nitrogens is 2. The number of carbonyl (C=O) groups excluding carboxylic acids is 2. The van der Waals surface area contributed by atoms with E-state index in [0.29, 0.717) is 29.7 Å². The number of urea groups is 1. The van der Waals surface area contributed by atoms with Crippen LogP contribution in [-0.2, 0) is 16.1 Å². The Morgan fingerprint density at radius 1 is 0.951 bits per heavy atom. The van der Waals surface area contributed by atoms with E-state index >= 15 is 0 Å². The van der Waals surface area contributed by atoms with Crippen LogP contribution in [0.25, 0.3) is 0 Å². The van der Waals surface area contributed by atoms with Crippen molar-refractivity contribution >= 4 is 46.6 Å². The van der Waals surface area contributed by atoms with Crippen LogP contribution in [0, 0.1) is 0 Å². The fourth-order valence-corrected chi connectivity index (χ4v) is 7.26. The number of amides is 3. The third kappa shape index (κ3) is 5.25. The first-order chi connectivity index (χ1) is 20.1. The highest BCUT2D eigenvalue weighted by atomic mass is 32.2.